The second-order valence-electron chi connectivity index (χ2n) is 3.44. The highest BCUT2D eigenvalue weighted by Crippen LogP contribution is 2.39. The number of hydrogen-bond donors (Lipinski definition) is 0. The van der Waals surface area contributed by atoms with Gasteiger partial charge in [0.2, 0.25) is 0 Å². The Kier molecular flexibility index (Phi) is 4.60. The van der Waals surface area contributed by atoms with E-state index in [1.54, 1.807) is 0 Å². The van der Waals surface area contributed by atoms with Crippen LogP contribution in [-0.2, 0) is 10.9 Å². The van der Waals surface area contributed by atoms with E-state index in [9.17, 15) is 26.7 Å². The standard InChI is InChI=1S/C11H7F5N2O2/c1-2-20-10(19)8-7(11(14,15)16)6(9(12)13)5(3-17)4-18-8/h4,9H,2H2,1H3. The van der Waals surface area contributed by atoms with E-state index in [1.807, 2.05) is 0 Å². The second-order valence-corrected chi connectivity index (χ2v) is 3.44. The van der Waals surface area contributed by atoms with Crippen LogP contribution in [0.25, 0.3) is 0 Å². The van der Waals surface area contributed by atoms with Gasteiger partial charge in [-0.15, -0.1) is 0 Å². The van der Waals surface area contributed by atoms with Gasteiger partial charge >= 0.3 is 12.1 Å². The Bertz CT molecular complexity index is 563. The largest absolute Gasteiger partial charge is 0.461 e. The lowest BCUT2D eigenvalue weighted by atomic mass is 10.0. The molecule has 1 aromatic heterocycles. The van der Waals surface area contributed by atoms with Crippen LogP contribution in [-0.4, -0.2) is 17.6 Å². The number of halogens is 5. The molecular formula is C11H7F5N2O2. The Hall–Kier alpha value is -2.24. The van der Waals surface area contributed by atoms with Gasteiger partial charge in [-0.1, -0.05) is 0 Å². The van der Waals surface area contributed by atoms with E-state index < -0.39 is 41.0 Å². The third kappa shape index (κ3) is 3.01. The van der Waals surface area contributed by atoms with E-state index in [1.165, 1.54) is 13.0 Å². The van der Waals surface area contributed by atoms with Crippen molar-refractivity contribution in [3.63, 3.8) is 0 Å². The van der Waals surface area contributed by atoms with Crippen molar-refractivity contribution in [2.75, 3.05) is 6.61 Å². The Labute approximate surface area is 109 Å². The summed E-state index contributed by atoms with van der Waals surface area (Å²) in [4.78, 5) is 14.5. The average Bonchev–Trinajstić information content (AvgIpc) is 2.35. The molecule has 1 rings (SSSR count). The van der Waals surface area contributed by atoms with E-state index in [0.29, 0.717) is 6.20 Å². The zero-order valence-electron chi connectivity index (χ0n) is 9.96. The van der Waals surface area contributed by atoms with Crippen molar-refractivity contribution < 1.29 is 31.5 Å². The van der Waals surface area contributed by atoms with Crippen molar-refractivity contribution >= 4 is 5.97 Å². The fourth-order valence-corrected chi connectivity index (χ4v) is 1.48. The van der Waals surface area contributed by atoms with Gasteiger partial charge in [0.1, 0.15) is 6.07 Å². The van der Waals surface area contributed by atoms with Crippen LogP contribution in [0.4, 0.5) is 22.0 Å². The average molecular weight is 294 g/mol. The highest BCUT2D eigenvalue weighted by molar-refractivity contribution is 5.89. The molecule has 0 saturated carbocycles. The molecule has 0 fully saturated rings. The topological polar surface area (TPSA) is 63.0 Å². The maximum absolute atomic E-state index is 12.9. The number of carbonyl (C=O) groups is 1. The number of rotatable bonds is 3. The van der Waals surface area contributed by atoms with Crippen molar-refractivity contribution in [2.24, 2.45) is 0 Å². The van der Waals surface area contributed by atoms with Crippen LogP contribution >= 0.6 is 0 Å². The van der Waals surface area contributed by atoms with Crippen molar-refractivity contribution in [1.82, 2.24) is 4.98 Å². The minimum absolute atomic E-state index is 0.248. The van der Waals surface area contributed by atoms with E-state index in [-0.39, 0.29) is 6.61 Å². The number of pyridine rings is 1. The van der Waals surface area contributed by atoms with Gasteiger partial charge in [0.25, 0.3) is 6.43 Å². The van der Waals surface area contributed by atoms with Crippen molar-refractivity contribution in [1.29, 1.82) is 5.26 Å². The molecule has 20 heavy (non-hydrogen) atoms. The number of aromatic nitrogens is 1. The summed E-state index contributed by atoms with van der Waals surface area (Å²) < 4.78 is 68.6. The monoisotopic (exact) mass is 294 g/mol. The minimum atomic E-state index is -5.27. The smallest absolute Gasteiger partial charge is 0.419 e. The molecule has 9 heteroatoms. The molecule has 0 aromatic carbocycles. The van der Waals surface area contributed by atoms with Gasteiger partial charge in [-0.25, -0.2) is 18.6 Å². The van der Waals surface area contributed by atoms with Crippen LogP contribution in [0.3, 0.4) is 0 Å². The molecule has 108 valence electrons. The minimum Gasteiger partial charge on any atom is -0.461 e. The number of carbonyl (C=O) groups excluding carboxylic acids is 1. The van der Waals surface area contributed by atoms with Gasteiger partial charge in [-0.3, -0.25) is 0 Å². The highest BCUT2D eigenvalue weighted by Gasteiger charge is 2.42. The molecule has 0 aliphatic heterocycles. The Morgan fingerprint density at radius 3 is 2.50 bits per heavy atom. The molecule has 0 bridgehead atoms. The normalized spacial score (nSPS) is 11.3. The number of nitriles is 1. The molecule has 1 heterocycles. The lowest BCUT2D eigenvalue weighted by Crippen LogP contribution is -2.21. The van der Waals surface area contributed by atoms with Gasteiger partial charge in [0.05, 0.1) is 23.3 Å². The van der Waals surface area contributed by atoms with E-state index in [2.05, 4.69) is 9.72 Å². The quantitative estimate of drug-likeness (QED) is 0.635. The van der Waals surface area contributed by atoms with Crippen LogP contribution < -0.4 is 0 Å². The number of alkyl halides is 5. The summed E-state index contributed by atoms with van der Waals surface area (Å²) >= 11 is 0. The summed E-state index contributed by atoms with van der Waals surface area (Å²) in [6, 6.07) is 1.19. The third-order valence-electron chi connectivity index (χ3n) is 2.21. The zero-order valence-corrected chi connectivity index (χ0v) is 9.96. The molecule has 0 aliphatic rings. The first-order valence-electron chi connectivity index (χ1n) is 5.19. The number of hydrogen-bond acceptors (Lipinski definition) is 4. The van der Waals surface area contributed by atoms with Crippen molar-refractivity contribution in [3.8, 4) is 6.07 Å². The van der Waals surface area contributed by atoms with Gasteiger partial charge in [-0.05, 0) is 6.92 Å². The summed E-state index contributed by atoms with van der Waals surface area (Å²) in [5, 5.41) is 8.58. The molecule has 0 radical (unpaired) electrons. The number of esters is 1. The summed E-state index contributed by atoms with van der Waals surface area (Å²) in [6.45, 7) is 1.09. The predicted octanol–water partition coefficient (Wildman–Crippen LogP) is 3.09. The van der Waals surface area contributed by atoms with Gasteiger partial charge in [0, 0.05) is 6.20 Å². The molecule has 0 amide bonds. The van der Waals surface area contributed by atoms with Crippen LogP contribution in [0.5, 0.6) is 0 Å². The highest BCUT2D eigenvalue weighted by atomic mass is 19.4. The van der Waals surface area contributed by atoms with Crippen molar-refractivity contribution in [2.45, 2.75) is 19.5 Å². The van der Waals surface area contributed by atoms with E-state index in [0.717, 1.165) is 0 Å². The fraction of sp³-hybridized carbons (Fsp3) is 0.364. The molecule has 0 atom stereocenters. The SMILES string of the molecule is CCOC(=O)c1ncc(C#N)c(C(F)F)c1C(F)(F)F. The molecular weight excluding hydrogens is 287 g/mol. The second kappa shape index (κ2) is 5.81. The molecule has 4 nitrogen and oxygen atoms in total. The summed E-state index contributed by atoms with van der Waals surface area (Å²) in [7, 11) is 0. The van der Waals surface area contributed by atoms with Gasteiger partial charge in [-0.2, -0.15) is 18.4 Å². The first-order valence-corrected chi connectivity index (χ1v) is 5.19. The zero-order chi connectivity index (χ0) is 15.5. The lowest BCUT2D eigenvalue weighted by molar-refractivity contribution is -0.140. The van der Waals surface area contributed by atoms with Gasteiger partial charge < -0.3 is 4.74 Å². The van der Waals surface area contributed by atoms with Crippen molar-refractivity contribution in [3.05, 3.63) is 28.6 Å². The van der Waals surface area contributed by atoms with Crippen LogP contribution in [0, 0.1) is 11.3 Å². The summed E-state index contributed by atoms with van der Waals surface area (Å²) in [5.41, 5.74) is -5.74. The summed E-state index contributed by atoms with van der Waals surface area (Å²) in [5.74, 6) is -1.48. The maximum Gasteiger partial charge on any atom is 0.419 e. The Morgan fingerprint density at radius 2 is 2.10 bits per heavy atom. The Morgan fingerprint density at radius 1 is 1.50 bits per heavy atom. The molecule has 1 aromatic rings. The van der Waals surface area contributed by atoms with Crippen LogP contribution in [0.2, 0.25) is 0 Å². The Balaban J connectivity index is 3.68. The van der Waals surface area contributed by atoms with Gasteiger partial charge in [0.15, 0.2) is 5.69 Å². The van der Waals surface area contributed by atoms with E-state index >= 15 is 0 Å². The molecule has 0 aliphatic carbocycles. The molecule has 0 N–H and O–H groups in total. The lowest BCUT2D eigenvalue weighted by Gasteiger charge is -2.16. The predicted molar refractivity (Wildman–Crippen MR) is 54.9 cm³/mol. The first-order chi connectivity index (χ1) is 9.23. The van der Waals surface area contributed by atoms with E-state index in [4.69, 9.17) is 5.26 Å². The molecule has 0 unspecified atom stereocenters. The van der Waals surface area contributed by atoms with Crippen LogP contribution in [0.15, 0.2) is 6.20 Å². The summed E-state index contributed by atoms with van der Waals surface area (Å²) in [6.07, 6.45) is -8.37. The first kappa shape index (κ1) is 15.8. The molecule has 0 saturated heterocycles. The molecule has 0 spiro atoms. The van der Waals surface area contributed by atoms with Crippen LogP contribution in [0.1, 0.15) is 40.5 Å². The number of ether oxygens (including phenoxy) is 1. The number of nitrogens with zero attached hydrogens (tertiary/aromatic N) is 2. The fourth-order valence-electron chi connectivity index (χ4n) is 1.48. The maximum atomic E-state index is 12.9. The third-order valence-corrected chi connectivity index (χ3v) is 2.21.